The number of ether oxygens (including phenoxy) is 1. The molecule has 6 rings (SSSR count). The van der Waals surface area contributed by atoms with Crippen LogP contribution in [0.4, 0.5) is 0 Å². The van der Waals surface area contributed by atoms with E-state index in [1.54, 1.807) is 13.0 Å². The first-order valence-electron chi connectivity index (χ1n) is 12.4. The number of pyridine rings is 1. The molecule has 1 aliphatic heterocycles. The zero-order valence-electron chi connectivity index (χ0n) is 20.9. The van der Waals surface area contributed by atoms with Crippen LogP contribution in [-0.4, -0.2) is 16.8 Å². The van der Waals surface area contributed by atoms with Crippen LogP contribution >= 0.6 is 0 Å². The molecule has 0 amide bonds. The van der Waals surface area contributed by atoms with Gasteiger partial charge in [0.25, 0.3) is 0 Å². The third-order valence-electron chi connectivity index (χ3n) is 6.62. The maximum absolute atomic E-state index is 10.8. The van der Waals surface area contributed by atoms with E-state index < -0.39 is 0 Å². The van der Waals surface area contributed by atoms with E-state index in [0.29, 0.717) is 6.04 Å². The molecule has 5 heteroatoms. The number of fused-ring (bicyclic) bond motifs is 4. The molecule has 0 bridgehead atoms. The van der Waals surface area contributed by atoms with Crippen LogP contribution in [-0.2, 0) is 24.9 Å². The van der Waals surface area contributed by atoms with E-state index in [9.17, 15) is 4.79 Å². The molecule has 2 aliphatic rings. The van der Waals surface area contributed by atoms with Gasteiger partial charge in [-0.25, -0.2) is 0 Å². The second-order valence-electron chi connectivity index (χ2n) is 9.52. The number of carbonyl (C=O) groups excluding carboxylic acids is 1. The molecule has 2 heterocycles. The van der Waals surface area contributed by atoms with Crippen molar-refractivity contribution < 1.29 is 29.6 Å². The summed E-state index contributed by atoms with van der Waals surface area (Å²) in [5, 5.41) is 8.96. The molecule has 1 fully saturated rings. The number of rotatable bonds is 3. The van der Waals surface area contributed by atoms with Crippen LogP contribution in [0, 0.1) is 13.0 Å². The van der Waals surface area contributed by atoms with Crippen molar-refractivity contribution in [2.45, 2.75) is 58.9 Å². The summed E-state index contributed by atoms with van der Waals surface area (Å²) >= 11 is 0. The van der Waals surface area contributed by atoms with Crippen molar-refractivity contribution in [2.75, 3.05) is 0 Å². The second kappa shape index (κ2) is 11.4. The predicted octanol–water partition coefficient (Wildman–Crippen LogP) is 8.45. The van der Waals surface area contributed by atoms with E-state index in [0.717, 1.165) is 50.0 Å². The Morgan fingerprint density at radius 2 is 1.89 bits per heavy atom. The van der Waals surface area contributed by atoms with E-state index in [1.165, 1.54) is 37.7 Å². The Kier molecular flexibility index (Phi) is 8.23. The van der Waals surface area contributed by atoms with Crippen LogP contribution in [0.15, 0.2) is 66.5 Å². The largest absolute Gasteiger partial charge is 0.685 e. The monoisotopic (exact) mass is 655 g/mol. The zero-order valence-corrected chi connectivity index (χ0v) is 23.3. The van der Waals surface area contributed by atoms with Gasteiger partial charge in [0.1, 0.15) is 5.75 Å². The molecule has 1 aliphatic carbocycles. The SMILES string of the molecule is CC(=O)/C=C(/C)[N-]C1CCCCC1.Cc1ccc2cnc3c(c2c1)Oc1cccc2cc[c-]c-3c12.[Ir]. The van der Waals surface area contributed by atoms with E-state index in [-0.39, 0.29) is 25.9 Å². The van der Waals surface area contributed by atoms with Gasteiger partial charge < -0.3 is 15.0 Å². The van der Waals surface area contributed by atoms with Gasteiger partial charge in [-0.2, -0.15) is 5.70 Å². The minimum absolute atomic E-state index is 0. The van der Waals surface area contributed by atoms with Gasteiger partial charge >= 0.3 is 0 Å². The number of carbonyl (C=O) groups is 1. The van der Waals surface area contributed by atoms with Gasteiger partial charge in [-0.3, -0.25) is 4.79 Å². The number of ketones is 1. The van der Waals surface area contributed by atoms with Gasteiger partial charge in [0.05, 0.1) is 5.75 Å². The molecular formula is C31H30IrN2O2-2. The van der Waals surface area contributed by atoms with Gasteiger partial charge in [-0.15, -0.1) is 29.8 Å². The maximum Gasteiger partial charge on any atom is 0.151 e. The third-order valence-corrected chi connectivity index (χ3v) is 6.62. The summed E-state index contributed by atoms with van der Waals surface area (Å²) in [4.78, 5) is 15.4. The van der Waals surface area contributed by atoms with Crippen molar-refractivity contribution in [1.82, 2.24) is 4.98 Å². The molecule has 0 N–H and O–H groups in total. The molecule has 0 saturated heterocycles. The van der Waals surface area contributed by atoms with Gasteiger partial charge in [0.15, 0.2) is 5.78 Å². The van der Waals surface area contributed by atoms with Crippen LogP contribution in [0.5, 0.6) is 11.5 Å². The first-order valence-corrected chi connectivity index (χ1v) is 12.4. The Balaban J connectivity index is 0.000000189. The predicted molar refractivity (Wildman–Crippen MR) is 143 cm³/mol. The summed E-state index contributed by atoms with van der Waals surface area (Å²) in [6.45, 7) is 5.58. The van der Waals surface area contributed by atoms with Gasteiger partial charge in [-0.1, -0.05) is 79.6 Å². The van der Waals surface area contributed by atoms with E-state index in [2.05, 4.69) is 53.6 Å². The Labute approximate surface area is 226 Å². The van der Waals surface area contributed by atoms with Crippen molar-refractivity contribution in [3.05, 3.63) is 83.4 Å². The Morgan fingerprint density at radius 3 is 2.67 bits per heavy atom. The summed E-state index contributed by atoms with van der Waals surface area (Å²) in [5.41, 5.74) is 4.00. The quantitative estimate of drug-likeness (QED) is 0.145. The summed E-state index contributed by atoms with van der Waals surface area (Å²) in [5.74, 6) is 1.81. The fourth-order valence-corrected chi connectivity index (χ4v) is 5.03. The normalized spacial score (nSPS) is 14.7. The molecule has 4 aromatic rings. The molecule has 4 nitrogen and oxygen atoms in total. The smallest absolute Gasteiger partial charge is 0.151 e. The van der Waals surface area contributed by atoms with Crippen molar-refractivity contribution in [1.29, 1.82) is 0 Å². The van der Waals surface area contributed by atoms with Crippen LogP contribution < -0.4 is 4.74 Å². The van der Waals surface area contributed by atoms with Crippen LogP contribution in [0.1, 0.15) is 51.5 Å². The van der Waals surface area contributed by atoms with Gasteiger partial charge in [0.2, 0.25) is 0 Å². The number of nitrogens with zero attached hydrogens (tertiary/aromatic N) is 2. The van der Waals surface area contributed by atoms with E-state index in [1.807, 2.05) is 31.3 Å². The molecule has 36 heavy (non-hydrogen) atoms. The van der Waals surface area contributed by atoms with E-state index in [4.69, 9.17) is 4.74 Å². The summed E-state index contributed by atoms with van der Waals surface area (Å²) < 4.78 is 6.24. The molecule has 0 unspecified atom stereocenters. The number of aromatic nitrogens is 1. The Hall–Kier alpha value is -3.01. The average molecular weight is 655 g/mol. The summed E-state index contributed by atoms with van der Waals surface area (Å²) in [6.07, 6.45) is 9.86. The number of allylic oxidation sites excluding steroid dienone is 2. The standard InChI is InChI=1S/C20H12NO.C11H19NO.Ir/c1-12-8-9-14-11-21-19-15-6-2-4-13-5-3-7-17(18(13)15)22-20(19)16(14)10-12;1-9(8-10(2)13)12-11-6-4-3-5-7-11;/h2-5,7-11H,1H3;8,11H,3-7H2,1-2H3,(H,12,13);/q-1;;/p-1. The molecule has 3 aromatic carbocycles. The number of hydrogen-bond acceptors (Lipinski definition) is 3. The molecule has 1 saturated carbocycles. The summed E-state index contributed by atoms with van der Waals surface area (Å²) in [7, 11) is 0. The molecule has 187 valence electrons. The number of aryl methyl sites for hydroxylation is 1. The molecule has 1 aromatic heterocycles. The van der Waals surface area contributed by atoms with Gasteiger partial charge in [0, 0.05) is 42.8 Å². The molecule has 0 spiro atoms. The minimum Gasteiger partial charge on any atom is -0.685 e. The zero-order chi connectivity index (χ0) is 24.4. The first-order chi connectivity index (χ1) is 17.0. The van der Waals surface area contributed by atoms with Crippen LogP contribution in [0.3, 0.4) is 0 Å². The third kappa shape index (κ3) is 5.53. The van der Waals surface area contributed by atoms with Crippen LogP contribution in [0.25, 0.3) is 38.1 Å². The topological polar surface area (TPSA) is 53.3 Å². The molecular weight excluding hydrogens is 625 g/mol. The van der Waals surface area contributed by atoms with Crippen molar-refractivity contribution in [2.24, 2.45) is 0 Å². The number of hydrogen-bond donors (Lipinski definition) is 0. The minimum atomic E-state index is 0. The Morgan fingerprint density at radius 1 is 1.08 bits per heavy atom. The molecule has 0 atom stereocenters. The van der Waals surface area contributed by atoms with E-state index >= 15 is 0 Å². The summed E-state index contributed by atoms with van der Waals surface area (Å²) in [6, 6.07) is 20.3. The second-order valence-corrected chi connectivity index (χ2v) is 9.52. The first kappa shape index (κ1) is 26.1. The average Bonchev–Trinajstić information content (AvgIpc) is 2.85. The molecule has 1 radical (unpaired) electrons. The Bertz CT molecular complexity index is 1430. The van der Waals surface area contributed by atoms with Crippen molar-refractivity contribution in [3.63, 3.8) is 0 Å². The van der Waals surface area contributed by atoms with Crippen LogP contribution in [0.2, 0.25) is 0 Å². The maximum atomic E-state index is 10.8. The fourth-order valence-electron chi connectivity index (χ4n) is 5.03. The number of benzene rings is 3. The van der Waals surface area contributed by atoms with Crippen molar-refractivity contribution in [3.8, 4) is 22.8 Å². The van der Waals surface area contributed by atoms with Gasteiger partial charge in [-0.05, 0) is 32.1 Å². The fraction of sp³-hybridized carbons (Fsp3) is 0.290. The van der Waals surface area contributed by atoms with Crippen molar-refractivity contribution >= 4 is 27.3 Å².